The van der Waals surface area contributed by atoms with Crippen molar-refractivity contribution in [2.24, 2.45) is 17.3 Å². The van der Waals surface area contributed by atoms with Gasteiger partial charge in [-0.2, -0.15) is 18.3 Å². The van der Waals surface area contributed by atoms with Gasteiger partial charge in [0.05, 0.1) is 30.6 Å². The molecule has 208 valence electrons. The van der Waals surface area contributed by atoms with Gasteiger partial charge in [0.15, 0.2) is 11.9 Å². The number of carbonyl (C=O) groups is 2. The standard InChI is InChI=1S/C25H30F5N5O3/c26-24(27)7-2-14(3-8-24)20(34-22(38)16-11-23(16)5-1-6-23)17-13-35-18(32-17)10-15(12-31-35)21(37)33-19(36)4-9-25(28,29)30/h10,12-14,16,20-21,37H,1-9,11H2,(H,33,36)(H,34,38)/t16-,20-,21+/m0/s1. The van der Waals surface area contributed by atoms with Gasteiger partial charge in [0, 0.05) is 30.7 Å². The van der Waals surface area contributed by atoms with Crippen molar-refractivity contribution in [1.29, 1.82) is 0 Å². The lowest BCUT2D eigenvalue weighted by Crippen LogP contribution is -2.39. The molecule has 2 aromatic rings. The van der Waals surface area contributed by atoms with E-state index in [1.54, 1.807) is 6.20 Å². The second kappa shape index (κ2) is 9.73. The Morgan fingerprint density at radius 1 is 1.16 bits per heavy atom. The molecule has 0 aliphatic heterocycles. The molecule has 0 saturated heterocycles. The van der Waals surface area contributed by atoms with E-state index in [-0.39, 0.29) is 60.1 Å². The third-order valence-corrected chi connectivity index (χ3v) is 8.31. The van der Waals surface area contributed by atoms with Crippen LogP contribution in [-0.2, 0) is 9.59 Å². The Kier molecular flexibility index (Phi) is 6.85. The summed E-state index contributed by atoms with van der Waals surface area (Å²) in [6.45, 7) is 0. The Labute approximate surface area is 215 Å². The molecule has 3 atom stereocenters. The van der Waals surface area contributed by atoms with Gasteiger partial charge in [0.1, 0.15) is 0 Å². The van der Waals surface area contributed by atoms with E-state index in [1.165, 1.54) is 16.8 Å². The number of fused-ring (bicyclic) bond motifs is 1. The lowest BCUT2D eigenvalue weighted by atomic mass is 9.79. The zero-order valence-electron chi connectivity index (χ0n) is 20.6. The van der Waals surface area contributed by atoms with Crippen LogP contribution < -0.4 is 10.6 Å². The van der Waals surface area contributed by atoms with Crippen molar-refractivity contribution < 1.29 is 36.6 Å². The molecule has 0 bridgehead atoms. The monoisotopic (exact) mass is 543 g/mol. The molecule has 2 heterocycles. The Balaban J connectivity index is 1.32. The minimum Gasteiger partial charge on any atom is -0.369 e. The molecule has 13 heteroatoms. The lowest BCUT2D eigenvalue weighted by molar-refractivity contribution is -0.145. The zero-order valence-corrected chi connectivity index (χ0v) is 20.6. The van der Waals surface area contributed by atoms with Crippen LogP contribution in [0.4, 0.5) is 22.0 Å². The molecule has 3 aliphatic carbocycles. The Bertz CT molecular complexity index is 1200. The quantitative estimate of drug-likeness (QED) is 0.339. The minimum absolute atomic E-state index is 0.0679. The second-order valence-corrected chi connectivity index (χ2v) is 11.0. The van der Waals surface area contributed by atoms with Crippen molar-refractivity contribution in [3.05, 3.63) is 29.7 Å². The van der Waals surface area contributed by atoms with E-state index < -0.39 is 43.1 Å². The molecule has 5 rings (SSSR count). The molecule has 3 saturated carbocycles. The van der Waals surface area contributed by atoms with E-state index in [0.29, 0.717) is 5.69 Å². The van der Waals surface area contributed by atoms with E-state index in [4.69, 9.17) is 0 Å². The third-order valence-electron chi connectivity index (χ3n) is 8.31. The summed E-state index contributed by atoms with van der Waals surface area (Å²) >= 11 is 0. The van der Waals surface area contributed by atoms with Crippen molar-refractivity contribution in [3.63, 3.8) is 0 Å². The van der Waals surface area contributed by atoms with E-state index >= 15 is 0 Å². The molecule has 38 heavy (non-hydrogen) atoms. The number of hydrogen-bond acceptors (Lipinski definition) is 5. The topological polar surface area (TPSA) is 109 Å². The number of carbonyl (C=O) groups excluding carboxylic acids is 2. The zero-order chi connectivity index (χ0) is 27.3. The van der Waals surface area contributed by atoms with Crippen LogP contribution >= 0.6 is 0 Å². The summed E-state index contributed by atoms with van der Waals surface area (Å²) < 4.78 is 66.2. The van der Waals surface area contributed by atoms with Gasteiger partial charge >= 0.3 is 6.18 Å². The highest BCUT2D eigenvalue weighted by Crippen LogP contribution is 2.65. The first-order chi connectivity index (χ1) is 17.8. The van der Waals surface area contributed by atoms with Gasteiger partial charge in [-0.25, -0.2) is 18.3 Å². The number of nitrogens with one attached hydrogen (secondary N) is 2. The van der Waals surface area contributed by atoms with Gasteiger partial charge in [0.25, 0.3) is 0 Å². The van der Waals surface area contributed by atoms with Crippen LogP contribution in [0.25, 0.3) is 5.65 Å². The third kappa shape index (κ3) is 5.76. The van der Waals surface area contributed by atoms with Crippen LogP contribution in [0.15, 0.2) is 18.5 Å². The largest absolute Gasteiger partial charge is 0.389 e. The predicted molar refractivity (Wildman–Crippen MR) is 124 cm³/mol. The first-order valence-electron chi connectivity index (χ1n) is 12.9. The number of nitrogens with zero attached hydrogens (tertiary/aromatic N) is 3. The van der Waals surface area contributed by atoms with Crippen LogP contribution in [-0.4, -0.2) is 43.6 Å². The van der Waals surface area contributed by atoms with Crippen LogP contribution in [0.5, 0.6) is 0 Å². The number of imidazole rings is 1. The average molecular weight is 544 g/mol. The van der Waals surface area contributed by atoms with E-state index in [1.807, 2.05) is 0 Å². The summed E-state index contributed by atoms with van der Waals surface area (Å²) in [4.78, 5) is 29.4. The molecule has 3 fully saturated rings. The van der Waals surface area contributed by atoms with Gasteiger partial charge in [-0.15, -0.1) is 0 Å². The van der Waals surface area contributed by atoms with Crippen molar-refractivity contribution in [3.8, 4) is 0 Å². The maximum atomic E-state index is 13.9. The van der Waals surface area contributed by atoms with E-state index in [9.17, 15) is 36.6 Å². The van der Waals surface area contributed by atoms with Crippen LogP contribution in [0, 0.1) is 17.3 Å². The van der Waals surface area contributed by atoms with Crippen LogP contribution in [0.2, 0.25) is 0 Å². The number of amides is 2. The van der Waals surface area contributed by atoms with Gasteiger partial charge < -0.3 is 15.7 Å². The highest BCUT2D eigenvalue weighted by Gasteiger charge is 2.61. The number of aromatic nitrogens is 3. The molecule has 3 N–H and O–H groups in total. The molecule has 2 aromatic heterocycles. The summed E-state index contributed by atoms with van der Waals surface area (Å²) in [6.07, 6.45) is -1.47. The summed E-state index contributed by atoms with van der Waals surface area (Å²) in [5.74, 6) is -4.10. The summed E-state index contributed by atoms with van der Waals surface area (Å²) in [5.41, 5.74) is 0.927. The molecule has 3 aliphatic rings. The minimum atomic E-state index is -4.49. The molecule has 8 nitrogen and oxygen atoms in total. The maximum Gasteiger partial charge on any atom is 0.389 e. The first-order valence-corrected chi connectivity index (χ1v) is 12.9. The fourth-order valence-electron chi connectivity index (χ4n) is 5.76. The molecular formula is C25H30F5N5O3. The SMILES string of the molecule is O=C(CCC(F)(F)F)N[C@H](O)c1cnn2cc([C@@H](NC(=O)[C@@H]3CC34CCC4)C3CCC(F)(F)CC3)nc2c1. The Morgan fingerprint density at radius 3 is 2.47 bits per heavy atom. The number of halogens is 5. The van der Waals surface area contributed by atoms with Crippen molar-refractivity contribution in [1.82, 2.24) is 25.2 Å². The number of aliphatic hydroxyl groups excluding tert-OH is 1. The number of aliphatic hydroxyl groups is 1. The highest BCUT2D eigenvalue weighted by atomic mass is 19.4. The summed E-state index contributed by atoms with van der Waals surface area (Å²) in [5, 5.41) is 19.6. The molecule has 0 unspecified atom stereocenters. The highest BCUT2D eigenvalue weighted by molar-refractivity contribution is 5.83. The van der Waals surface area contributed by atoms with Gasteiger partial charge in [-0.3, -0.25) is 9.59 Å². The lowest BCUT2D eigenvalue weighted by Gasteiger charge is -2.34. The molecular weight excluding hydrogens is 513 g/mol. The van der Waals surface area contributed by atoms with Gasteiger partial charge in [-0.05, 0) is 49.5 Å². The second-order valence-electron chi connectivity index (χ2n) is 11.0. The number of rotatable bonds is 8. The van der Waals surface area contributed by atoms with Crippen molar-refractivity contribution in [2.75, 3.05) is 0 Å². The molecule has 0 radical (unpaired) electrons. The average Bonchev–Trinajstić information content (AvgIpc) is 3.47. The molecule has 2 amide bonds. The van der Waals surface area contributed by atoms with E-state index in [0.717, 1.165) is 25.7 Å². The summed E-state index contributed by atoms with van der Waals surface area (Å²) in [6, 6.07) is 0.831. The van der Waals surface area contributed by atoms with Crippen molar-refractivity contribution in [2.45, 2.75) is 88.6 Å². The maximum absolute atomic E-state index is 13.9. The predicted octanol–water partition coefficient (Wildman–Crippen LogP) is 4.35. The summed E-state index contributed by atoms with van der Waals surface area (Å²) in [7, 11) is 0. The van der Waals surface area contributed by atoms with Gasteiger partial charge in [-0.1, -0.05) is 6.42 Å². The van der Waals surface area contributed by atoms with Crippen LogP contribution in [0.3, 0.4) is 0 Å². The fraction of sp³-hybridized carbons (Fsp3) is 0.680. The van der Waals surface area contributed by atoms with Crippen molar-refractivity contribution >= 4 is 17.5 Å². The van der Waals surface area contributed by atoms with E-state index in [2.05, 4.69) is 20.7 Å². The number of alkyl halides is 5. The molecule has 1 spiro atoms. The van der Waals surface area contributed by atoms with Gasteiger partial charge in [0.2, 0.25) is 17.7 Å². The fourth-order valence-corrected chi connectivity index (χ4v) is 5.76. The normalized spacial score (nSPS) is 24.0. The Morgan fingerprint density at radius 2 is 1.87 bits per heavy atom. The number of hydrogen-bond donors (Lipinski definition) is 3. The molecule has 0 aromatic carbocycles. The Hall–Kier alpha value is -2.83. The smallest absolute Gasteiger partial charge is 0.369 e. The first kappa shape index (κ1) is 26.8. The van der Waals surface area contributed by atoms with Crippen LogP contribution in [0.1, 0.15) is 87.7 Å².